The Labute approximate surface area is 148 Å². The number of amides is 2. The SMILES string of the molecule is CC(CCc1ccccc1)NC(=O)N1CCN(c2ncccn2)CC1. The molecule has 1 fully saturated rings. The van der Waals surface area contributed by atoms with Crippen LogP contribution in [0.4, 0.5) is 10.7 Å². The second-order valence-corrected chi connectivity index (χ2v) is 6.40. The summed E-state index contributed by atoms with van der Waals surface area (Å²) in [5.74, 6) is 0.735. The van der Waals surface area contributed by atoms with E-state index in [1.165, 1.54) is 5.56 Å². The Morgan fingerprint density at radius 2 is 1.76 bits per heavy atom. The number of aromatic nitrogens is 2. The molecule has 132 valence electrons. The molecule has 0 aliphatic carbocycles. The Morgan fingerprint density at radius 1 is 1.08 bits per heavy atom. The molecular weight excluding hydrogens is 314 g/mol. The molecule has 1 atom stereocenters. The second-order valence-electron chi connectivity index (χ2n) is 6.40. The summed E-state index contributed by atoms with van der Waals surface area (Å²) in [7, 11) is 0. The van der Waals surface area contributed by atoms with E-state index in [9.17, 15) is 4.79 Å². The molecule has 1 aliphatic heterocycles. The standard InChI is InChI=1S/C19H25N5O/c1-16(8-9-17-6-3-2-4-7-17)22-19(25)24-14-12-23(13-15-24)18-20-10-5-11-21-18/h2-7,10-11,16H,8-9,12-15H2,1H3,(H,22,25). The molecule has 0 saturated carbocycles. The van der Waals surface area contributed by atoms with Gasteiger partial charge in [-0.25, -0.2) is 14.8 Å². The van der Waals surface area contributed by atoms with Gasteiger partial charge in [-0.15, -0.1) is 0 Å². The Kier molecular flexibility index (Phi) is 5.82. The van der Waals surface area contributed by atoms with E-state index in [1.54, 1.807) is 12.4 Å². The molecule has 1 unspecified atom stereocenters. The number of carbonyl (C=O) groups excluding carboxylic acids is 1. The number of urea groups is 1. The van der Waals surface area contributed by atoms with Gasteiger partial charge in [0.15, 0.2) is 0 Å². The summed E-state index contributed by atoms with van der Waals surface area (Å²) in [6.07, 6.45) is 5.40. The lowest BCUT2D eigenvalue weighted by atomic mass is 10.1. The normalized spacial score (nSPS) is 15.7. The molecule has 1 aromatic heterocycles. The van der Waals surface area contributed by atoms with Crippen molar-refractivity contribution in [3.05, 3.63) is 54.4 Å². The second kappa shape index (κ2) is 8.46. The number of nitrogens with zero attached hydrogens (tertiary/aromatic N) is 4. The van der Waals surface area contributed by atoms with Crippen molar-refractivity contribution in [3.63, 3.8) is 0 Å². The Balaban J connectivity index is 1.41. The van der Waals surface area contributed by atoms with Crippen LogP contribution >= 0.6 is 0 Å². The van der Waals surface area contributed by atoms with E-state index >= 15 is 0 Å². The average Bonchev–Trinajstić information content (AvgIpc) is 2.68. The third-order valence-corrected chi connectivity index (χ3v) is 4.48. The lowest BCUT2D eigenvalue weighted by Crippen LogP contribution is -2.53. The summed E-state index contributed by atoms with van der Waals surface area (Å²) in [6, 6.07) is 12.4. The van der Waals surface area contributed by atoms with Gasteiger partial charge in [-0.1, -0.05) is 30.3 Å². The first-order valence-electron chi connectivity index (χ1n) is 8.84. The van der Waals surface area contributed by atoms with Crippen molar-refractivity contribution in [2.24, 2.45) is 0 Å². The largest absolute Gasteiger partial charge is 0.337 e. The van der Waals surface area contributed by atoms with Crippen LogP contribution < -0.4 is 10.2 Å². The first-order chi connectivity index (χ1) is 12.2. The Morgan fingerprint density at radius 3 is 2.44 bits per heavy atom. The maximum Gasteiger partial charge on any atom is 0.317 e. The molecule has 25 heavy (non-hydrogen) atoms. The smallest absolute Gasteiger partial charge is 0.317 e. The molecule has 2 heterocycles. The molecule has 6 nitrogen and oxygen atoms in total. The van der Waals surface area contributed by atoms with E-state index in [2.05, 4.69) is 51.4 Å². The predicted octanol–water partition coefficient (Wildman–Crippen LogP) is 2.33. The van der Waals surface area contributed by atoms with E-state index in [1.807, 2.05) is 17.0 Å². The molecule has 1 saturated heterocycles. The number of anilines is 1. The first kappa shape index (κ1) is 17.2. The fourth-order valence-corrected chi connectivity index (χ4v) is 2.97. The summed E-state index contributed by atoms with van der Waals surface area (Å²) >= 11 is 0. The van der Waals surface area contributed by atoms with Crippen molar-refractivity contribution in [3.8, 4) is 0 Å². The molecule has 6 heteroatoms. The van der Waals surface area contributed by atoms with Crippen LogP contribution in [0, 0.1) is 0 Å². The van der Waals surface area contributed by atoms with Gasteiger partial charge in [-0.3, -0.25) is 0 Å². The quantitative estimate of drug-likeness (QED) is 0.908. The van der Waals surface area contributed by atoms with E-state index in [0.29, 0.717) is 13.1 Å². The van der Waals surface area contributed by atoms with E-state index in [-0.39, 0.29) is 12.1 Å². The van der Waals surface area contributed by atoms with Crippen LogP contribution in [0.3, 0.4) is 0 Å². The van der Waals surface area contributed by atoms with Crippen LogP contribution in [-0.4, -0.2) is 53.1 Å². The van der Waals surface area contributed by atoms with Crippen molar-refractivity contribution >= 4 is 12.0 Å². The topological polar surface area (TPSA) is 61.4 Å². The lowest BCUT2D eigenvalue weighted by Gasteiger charge is -2.35. The number of benzene rings is 1. The monoisotopic (exact) mass is 339 g/mol. The van der Waals surface area contributed by atoms with Gasteiger partial charge in [0, 0.05) is 44.6 Å². The van der Waals surface area contributed by atoms with Crippen molar-refractivity contribution in [1.82, 2.24) is 20.2 Å². The summed E-state index contributed by atoms with van der Waals surface area (Å²) < 4.78 is 0. The molecule has 0 radical (unpaired) electrons. The van der Waals surface area contributed by atoms with E-state index < -0.39 is 0 Å². The molecule has 0 spiro atoms. The van der Waals surface area contributed by atoms with Crippen LogP contribution in [-0.2, 0) is 6.42 Å². The molecule has 3 rings (SSSR count). The maximum atomic E-state index is 12.4. The van der Waals surface area contributed by atoms with Gasteiger partial charge in [0.1, 0.15) is 0 Å². The Hall–Kier alpha value is -2.63. The number of hydrogen-bond donors (Lipinski definition) is 1. The van der Waals surface area contributed by atoms with Gasteiger partial charge in [-0.2, -0.15) is 0 Å². The third-order valence-electron chi connectivity index (χ3n) is 4.48. The van der Waals surface area contributed by atoms with Crippen molar-refractivity contribution in [1.29, 1.82) is 0 Å². The minimum atomic E-state index is 0.0224. The number of rotatable bonds is 5. The highest BCUT2D eigenvalue weighted by Gasteiger charge is 2.23. The summed E-state index contributed by atoms with van der Waals surface area (Å²) in [6.45, 7) is 4.96. The molecule has 1 N–H and O–H groups in total. The van der Waals surface area contributed by atoms with Gasteiger partial charge in [0.05, 0.1) is 0 Å². The first-order valence-corrected chi connectivity index (χ1v) is 8.84. The number of aryl methyl sites for hydroxylation is 1. The van der Waals surface area contributed by atoms with Crippen LogP contribution in [0.25, 0.3) is 0 Å². The van der Waals surface area contributed by atoms with Crippen LogP contribution in [0.5, 0.6) is 0 Å². The molecule has 1 aliphatic rings. The van der Waals surface area contributed by atoms with Crippen LogP contribution in [0.15, 0.2) is 48.8 Å². The summed E-state index contributed by atoms with van der Waals surface area (Å²) in [4.78, 5) is 25.0. The predicted molar refractivity (Wildman–Crippen MR) is 98.6 cm³/mol. The zero-order valence-corrected chi connectivity index (χ0v) is 14.6. The highest BCUT2D eigenvalue weighted by atomic mass is 16.2. The zero-order chi connectivity index (χ0) is 17.5. The summed E-state index contributed by atoms with van der Waals surface area (Å²) in [5, 5.41) is 3.11. The fraction of sp³-hybridized carbons (Fsp3) is 0.421. The highest BCUT2D eigenvalue weighted by molar-refractivity contribution is 5.74. The van der Waals surface area contributed by atoms with Gasteiger partial charge in [-0.05, 0) is 31.4 Å². The molecule has 1 aromatic carbocycles. The number of piperazine rings is 1. The number of carbonyl (C=O) groups is 1. The third kappa shape index (κ3) is 4.92. The van der Waals surface area contributed by atoms with Gasteiger partial charge >= 0.3 is 6.03 Å². The lowest BCUT2D eigenvalue weighted by molar-refractivity contribution is 0.190. The summed E-state index contributed by atoms with van der Waals surface area (Å²) in [5.41, 5.74) is 1.31. The minimum absolute atomic E-state index is 0.0224. The number of nitrogens with one attached hydrogen (secondary N) is 1. The highest BCUT2D eigenvalue weighted by Crippen LogP contribution is 2.10. The zero-order valence-electron chi connectivity index (χ0n) is 14.6. The van der Waals surface area contributed by atoms with E-state index in [4.69, 9.17) is 0 Å². The number of hydrogen-bond acceptors (Lipinski definition) is 4. The molecule has 2 amide bonds. The maximum absolute atomic E-state index is 12.4. The fourth-order valence-electron chi connectivity index (χ4n) is 2.97. The Bertz CT molecular complexity index is 656. The molecule has 2 aromatic rings. The molecular formula is C19H25N5O. The molecule has 0 bridgehead atoms. The average molecular weight is 339 g/mol. The van der Waals surface area contributed by atoms with Crippen molar-refractivity contribution < 1.29 is 4.79 Å². The van der Waals surface area contributed by atoms with Crippen molar-refractivity contribution in [2.45, 2.75) is 25.8 Å². The minimum Gasteiger partial charge on any atom is -0.337 e. The van der Waals surface area contributed by atoms with Crippen LogP contribution in [0.1, 0.15) is 18.9 Å². The van der Waals surface area contributed by atoms with Crippen molar-refractivity contribution in [2.75, 3.05) is 31.1 Å². The van der Waals surface area contributed by atoms with Gasteiger partial charge in [0.25, 0.3) is 0 Å². The van der Waals surface area contributed by atoms with E-state index in [0.717, 1.165) is 31.9 Å². The van der Waals surface area contributed by atoms with Crippen LogP contribution in [0.2, 0.25) is 0 Å². The van der Waals surface area contributed by atoms with Gasteiger partial charge < -0.3 is 15.1 Å². The van der Waals surface area contributed by atoms with Gasteiger partial charge in [0.2, 0.25) is 5.95 Å².